The van der Waals surface area contributed by atoms with Gasteiger partial charge in [0.25, 0.3) is 5.91 Å². The summed E-state index contributed by atoms with van der Waals surface area (Å²) in [6, 6.07) is 16.3. The largest absolute Gasteiger partial charge is 0.379 e. The van der Waals surface area contributed by atoms with Crippen LogP contribution in [0.3, 0.4) is 0 Å². The van der Waals surface area contributed by atoms with Crippen molar-refractivity contribution in [1.29, 1.82) is 0 Å². The van der Waals surface area contributed by atoms with Crippen molar-refractivity contribution in [3.8, 4) is 0 Å². The molecule has 0 bridgehead atoms. The van der Waals surface area contributed by atoms with E-state index >= 15 is 0 Å². The lowest BCUT2D eigenvalue weighted by Gasteiger charge is -2.26. The molecule has 0 aromatic heterocycles. The molecule has 0 atom stereocenters. The third-order valence-corrected chi connectivity index (χ3v) is 5.24. The van der Waals surface area contributed by atoms with Gasteiger partial charge in [-0.15, -0.1) is 0 Å². The minimum atomic E-state index is -0.0364. The Morgan fingerprint density at radius 2 is 1.57 bits per heavy atom. The number of rotatable bonds is 8. The molecule has 1 saturated heterocycles. The summed E-state index contributed by atoms with van der Waals surface area (Å²) in [5, 5.41) is 3.01. The maximum atomic E-state index is 12.4. The lowest BCUT2D eigenvalue weighted by Crippen LogP contribution is -2.35. The van der Waals surface area contributed by atoms with Gasteiger partial charge < -0.3 is 15.0 Å². The second-order valence-corrected chi connectivity index (χ2v) is 7.11. The number of carbonyl (C=O) groups is 1. The summed E-state index contributed by atoms with van der Waals surface area (Å²) in [6.07, 6.45) is 0. The zero-order valence-corrected chi connectivity index (χ0v) is 17.0. The molecule has 2 aromatic carbocycles. The number of nitrogens with one attached hydrogen (secondary N) is 1. The van der Waals surface area contributed by atoms with Gasteiger partial charge in [-0.3, -0.25) is 9.69 Å². The van der Waals surface area contributed by atoms with Crippen LogP contribution in [0.25, 0.3) is 0 Å². The number of benzene rings is 2. The zero-order chi connectivity index (χ0) is 19.8. The Morgan fingerprint density at radius 3 is 2.18 bits per heavy atom. The Hall–Kier alpha value is -2.37. The van der Waals surface area contributed by atoms with E-state index in [1.807, 2.05) is 24.3 Å². The maximum absolute atomic E-state index is 12.4. The molecular weight excluding hydrogens is 350 g/mol. The predicted octanol–water partition coefficient (Wildman–Crippen LogP) is 3.30. The molecule has 1 amide bonds. The lowest BCUT2D eigenvalue weighted by atomic mass is 10.1. The number of anilines is 1. The van der Waals surface area contributed by atoms with Crippen molar-refractivity contribution in [2.24, 2.45) is 0 Å². The van der Waals surface area contributed by atoms with Crippen LogP contribution >= 0.6 is 0 Å². The summed E-state index contributed by atoms with van der Waals surface area (Å²) in [5.74, 6) is -0.0364. The van der Waals surface area contributed by atoms with Crippen molar-refractivity contribution >= 4 is 11.6 Å². The average molecular weight is 382 g/mol. The van der Waals surface area contributed by atoms with Gasteiger partial charge in [-0.1, -0.05) is 24.3 Å². The molecule has 0 unspecified atom stereocenters. The molecule has 1 fully saturated rings. The van der Waals surface area contributed by atoms with Crippen LogP contribution in [0.1, 0.15) is 35.3 Å². The molecule has 2 aromatic rings. The first-order chi connectivity index (χ1) is 13.7. The van der Waals surface area contributed by atoms with Gasteiger partial charge >= 0.3 is 0 Å². The number of carbonyl (C=O) groups excluding carboxylic acids is 1. The Labute approximate surface area is 168 Å². The summed E-state index contributed by atoms with van der Waals surface area (Å²) in [7, 11) is 0. The van der Waals surface area contributed by atoms with Gasteiger partial charge in [0.15, 0.2) is 0 Å². The number of morpholine rings is 1. The van der Waals surface area contributed by atoms with Crippen LogP contribution in [0, 0.1) is 0 Å². The van der Waals surface area contributed by atoms with E-state index in [9.17, 15) is 4.79 Å². The van der Waals surface area contributed by atoms with Gasteiger partial charge in [0, 0.05) is 50.5 Å². The molecule has 0 aliphatic carbocycles. The number of hydrogen-bond donors (Lipinski definition) is 1. The van der Waals surface area contributed by atoms with Crippen molar-refractivity contribution in [2.75, 3.05) is 44.3 Å². The summed E-state index contributed by atoms with van der Waals surface area (Å²) < 4.78 is 5.38. The van der Waals surface area contributed by atoms with E-state index in [0.717, 1.165) is 51.5 Å². The van der Waals surface area contributed by atoms with Gasteiger partial charge in [-0.2, -0.15) is 0 Å². The van der Waals surface area contributed by atoms with E-state index in [1.54, 1.807) is 0 Å². The average Bonchev–Trinajstić information content (AvgIpc) is 2.75. The summed E-state index contributed by atoms with van der Waals surface area (Å²) in [4.78, 5) is 17.1. The van der Waals surface area contributed by atoms with Crippen molar-refractivity contribution in [3.63, 3.8) is 0 Å². The van der Waals surface area contributed by atoms with Crippen LogP contribution in [-0.2, 0) is 17.8 Å². The second kappa shape index (κ2) is 10.2. The molecule has 1 aliphatic heterocycles. The Balaban J connectivity index is 1.50. The van der Waals surface area contributed by atoms with Crippen LogP contribution < -0.4 is 10.2 Å². The van der Waals surface area contributed by atoms with E-state index in [-0.39, 0.29) is 5.91 Å². The standard InChI is InChI=1S/C23H31N3O2/c1-3-26(4-2)22-11-7-19(8-12-22)17-24-23(27)21-9-5-20(6-10-21)18-25-13-15-28-16-14-25/h5-12H,3-4,13-18H2,1-2H3,(H,24,27). The fourth-order valence-corrected chi connectivity index (χ4v) is 3.48. The Kier molecular flexibility index (Phi) is 7.46. The van der Waals surface area contributed by atoms with Crippen LogP contribution in [-0.4, -0.2) is 50.2 Å². The number of hydrogen-bond acceptors (Lipinski definition) is 4. The first-order valence-corrected chi connectivity index (χ1v) is 10.2. The highest BCUT2D eigenvalue weighted by Crippen LogP contribution is 2.15. The van der Waals surface area contributed by atoms with E-state index in [4.69, 9.17) is 4.74 Å². The smallest absolute Gasteiger partial charge is 0.251 e. The molecule has 1 aliphatic rings. The van der Waals surface area contributed by atoms with Crippen LogP contribution in [0.5, 0.6) is 0 Å². The van der Waals surface area contributed by atoms with Crippen LogP contribution in [0.4, 0.5) is 5.69 Å². The molecule has 5 heteroatoms. The number of amides is 1. The molecule has 150 valence electrons. The topological polar surface area (TPSA) is 44.8 Å². The van der Waals surface area contributed by atoms with E-state index in [0.29, 0.717) is 12.1 Å². The minimum Gasteiger partial charge on any atom is -0.379 e. The van der Waals surface area contributed by atoms with Crippen LogP contribution in [0.2, 0.25) is 0 Å². The molecule has 28 heavy (non-hydrogen) atoms. The first-order valence-electron chi connectivity index (χ1n) is 10.2. The SMILES string of the molecule is CCN(CC)c1ccc(CNC(=O)c2ccc(CN3CCOCC3)cc2)cc1. The highest BCUT2D eigenvalue weighted by Gasteiger charge is 2.11. The molecule has 1 heterocycles. The maximum Gasteiger partial charge on any atom is 0.251 e. The number of ether oxygens (including phenoxy) is 1. The van der Waals surface area contributed by atoms with Gasteiger partial charge in [-0.25, -0.2) is 0 Å². The van der Waals surface area contributed by atoms with Crippen molar-refractivity contribution in [1.82, 2.24) is 10.2 Å². The summed E-state index contributed by atoms with van der Waals surface area (Å²) in [6.45, 7) is 11.3. The van der Waals surface area contributed by atoms with E-state index in [1.165, 1.54) is 11.3 Å². The van der Waals surface area contributed by atoms with Crippen molar-refractivity contribution in [3.05, 3.63) is 65.2 Å². The Bertz CT molecular complexity index is 733. The predicted molar refractivity (Wildman–Crippen MR) is 114 cm³/mol. The van der Waals surface area contributed by atoms with Gasteiger partial charge in [-0.05, 0) is 49.2 Å². The second-order valence-electron chi connectivity index (χ2n) is 7.11. The zero-order valence-electron chi connectivity index (χ0n) is 17.0. The van der Waals surface area contributed by atoms with Crippen LogP contribution in [0.15, 0.2) is 48.5 Å². The normalized spacial score (nSPS) is 14.6. The molecule has 1 N–H and O–H groups in total. The number of nitrogens with zero attached hydrogens (tertiary/aromatic N) is 2. The lowest BCUT2D eigenvalue weighted by molar-refractivity contribution is 0.0342. The van der Waals surface area contributed by atoms with E-state index in [2.05, 4.69) is 53.2 Å². The minimum absolute atomic E-state index is 0.0364. The molecule has 0 radical (unpaired) electrons. The van der Waals surface area contributed by atoms with Crippen molar-refractivity contribution in [2.45, 2.75) is 26.9 Å². The molecular formula is C23H31N3O2. The fourth-order valence-electron chi connectivity index (χ4n) is 3.48. The molecule has 5 nitrogen and oxygen atoms in total. The van der Waals surface area contributed by atoms with Gasteiger partial charge in [0.05, 0.1) is 13.2 Å². The third kappa shape index (κ3) is 5.57. The highest BCUT2D eigenvalue weighted by atomic mass is 16.5. The summed E-state index contributed by atoms with van der Waals surface area (Å²) in [5.41, 5.74) is 4.25. The monoisotopic (exact) mass is 381 g/mol. The first kappa shape index (κ1) is 20.4. The third-order valence-electron chi connectivity index (χ3n) is 5.24. The molecule has 0 spiro atoms. The van der Waals surface area contributed by atoms with Crippen molar-refractivity contribution < 1.29 is 9.53 Å². The van der Waals surface area contributed by atoms with E-state index < -0.39 is 0 Å². The Morgan fingerprint density at radius 1 is 0.964 bits per heavy atom. The van der Waals surface area contributed by atoms with Gasteiger partial charge in [0.2, 0.25) is 0 Å². The molecule has 3 rings (SSSR count). The fraction of sp³-hybridized carbons (Fsp3) is 0.435. The molecule has 0 saturated carbocycles. The quantitative estimate of drug-likeness (QED) is 0.762. The highest BCUT2D eigenvalue weighted by molar-refractivity contribution is 5.94. The van der Waals surface area contributed by atoms with Gasteiger partial charge in [0.1, 0.15) is 0 Å². The summed E-state index contributed by atoms with van der Waals surface area (Å²) >= 11 is 0.